The van der Waals surface area contributed by atoms with Crippen LogP contribution in [-0.2, 0) is 9.09 Å². The van der Waals surface area contributed by atoms with Crippen molar-refractivity contribution in [3.63, 3.8) is 0 Å². The Labute approximate surface area is 79.0 Å². The van der Waals surface area contributed by atoms with E-state index in [2.05, 4.69) is 0 Å². The molecular formula is C7H15ClO3P+. The standard InChI is InChI=1S/C7H14ClO3P/c1-5(2)7(8,6(3)4)11-12(9)10/h5-6H,1-4H3/p+1. The van der Waals surface area contributed by atoms with Gasteiger partial charge in [0.05, 0.1) is 0 Å². The van der Waals surface area contributed by atoms with Crippen LogP contribution in [0.2, 0.25) is 0 Å². The number of hydrogen-bond acceptors (Lipinski definition) is 2. The van der Waals surface area contributed by atoms with Crippen molar-refractivity contribution in [2.75, 3.05) is 0 Å². The van der Waals surface area contributed by atoms with E-state index in [1.54, 1.807) is 0 Å². The van der Waals surface area contributed by atoms with Gasteiger partial charge in [-0.1, -0.05) is 43.8 Å². The number of hydrogen-bond donors (Lipinski definition) is 1. The van der Waals surface area contributed by atoms with Crippen molar-refractivity contribution < 1.29 is 14.0 Å². The lowest BCUT2D eigenvalue weighted by atomic mass is 9.96. The van der Waals surface area contributed by atoms with Crippen LogP contribution in [0.3, 0.4) is 0 Å². The molecule has 0 radical (unpaired) electrons. The van der Waals surface area contributed by atoms with Gasteiger partial charge in [0.2, 0.25) is 5.06 Å². The van der Waals surface area contributed by atoms with E-state index in [1.807, 2.05) is 27.7 Å². The van der Waals surface area contributed by atoms with Gasteiger partial charge in [0.15, 0.2) is 0 Å². The first-order chi connectivity index (χ1) is 5.30. The maximum absolute atomic E-state index is 10.5. The minimum atomic E-state index is -2.64. The quantitative estimate of drug-likeness (QED) is 0.577. The Morgan fingerprint density at radius 3 is 1.75 bits per heavy atom. The molecule has 0 aromatic carbocycles. The molecular weight excluding hydrogens is 199 g/mol. The summed E-state index contributed by atoms with van der Waals surface area (Å²) in [6.07, 6.45) is 0. The van der Waals surface area contributed by atoms with Crippen molar-refractivity contribution in [1.82, 2.24) is 0 Å². The summed E-state index contributed by atoms with van der Waals surface area (Å²) in [5, 5.41) is -1.04. The lowest BCUT2D eigenvalue weighted by Crippen LogP contribution is -2.35. The molecule has 3 nitrogen and oxygen atoms in total. The summed E-state index contributed by atoms with van der Waals surface area (Å²) < 4.78 is 15.3. The Bertz CT molecular complexity index is 162. The fourth-order valence-electron chi connectivity index (χ4n) is 0.997. The lowest BCUT2D eigenvalue weighted by Gasteiger charge is -2.28. The van der Waals surface area contributed by atoms with E-state index in [1.165, 1.54) is 0 Å². The zero-order valence-electron chi connectivity index (χ0n) is 7.74. The minimum Gasteiger partial charge on any atom is -0.133 e. The van der Waals surface area contributed by atoms with Gasteiger partial charge in [-0.05, 0) is 0 Å². The maximum Gasteiger partial charge on any atom is 0.696 e. The summed E-state index contributed by atoms with van der Waals surface area (Å²) in [7, 11) is -2.64. The van der Waals surface area contributed by atoms with Crippen molar-refractivity contribution in [2.24, 2.45) is 11.8 Å². The predicted molar refractivity (Wildman–Crippen MR) is 49.2 cm³/mol. The highest BCUT2D eigenvalue weighted by atomic mass is 35.5. The van der Waals surface area contributed by atoms with E-state index in [9.17, 15) is 4.57 Å². The predicted octanol–water partition coefficient (Wildman–Crippen LogP) is 2.90. The fraction of sp³-hybridized carbons (Fsp3) is 1.00. The molecule has 0 saturated carbocycles. The molecule has 0 heterocycles. The van der Waals surface area contributed by atoms with Crippen LogP contribution in [0.4, 0.5) is 0 Å². The molecule has 0 aromatic rings. The molecule has 0 rings (SSSR count). The molecule has 0 aromatic heterocycles. The molecule has 12 heavy (non-hydrogen) atoms. The molecule has 0 fully saturated rings. The molecule has 0 bridgehead atoms. The van der Waals surface area contributed by atoms with E-state index in [0.29, 0.717) is 0 Å². The van der Waals surface area contributed by atoms with Crippen LogP contribution < -0.4 is 0 Å². The van der Waals surface area contributed by atoms with Crippen LogP contribution in [-0.4, -0.2) is 9.95 Å². The van der Waals surface area contributed by atoms with Crippen molar-refractivity contribution in [1.29, 1.82) is 0 Å². The molecule has 72 valence electrons. The molecule has 0 amide bonds. The summed E-state index contributed by atoms with van der Waals surface area (Å²) in [6, 6.07) is 0. The molecule has 1 N–H and O–H groups in total. The molecule has 5 heteroatoms. The first-order valence-corrected chi connectivity index (χ1v) is 5.35. The monoisotopic (exact) mass is 213 g/mol. The Kier molecular flexibility index (Phi) is 4.64. The molecule has 0 aliphatic carbocycles. The normalized spacial score (nSPS) is 14.2. The highest BCUT2D eigenvalue weighted by Gasteiger charge is 2.44. The summed E-state index contributed by atoms with van der Waals surface area (Å²) in [5.74, 6) is -0.0180. The minimum absolute atomic E-state index is 0.00901. The molecule has 0 spiro atoms. The van der Waals surface area contributed by atoms with E-state index in [-0.39, 0.29) is 11.8 Å². The third-order valence-corrected chi connectivity index (χ3v) is 3.31. The van der Waals surface area contributed by atoms with Gasteiger partial charge in [-0.15, -0.1) is 4.89 Å². The Hall–Kier alpha value is 0.310. The van der Waals surface area contributed by atoms with E-state index in [0.717, 1.165) is 0 Å². The smallest absolute Gasteiger partial charge is 0.133 e. The SMILES string of the molecule is CC(C)C(Cl)(O[P+](=O)O)C(C)C. The number of alkyl halides is 1. The van der Waals surface area contributed by atoms with Crippen LogP contribution in [0.15, 0.2) is 0 Å². The Morgan fingerprint density at radius 2 is 1.67 bits per heavy atom. The van der Waals surface area contributed by atoms with Crippen molar-refractivity contribution in [2.45, 2.75) is 32.8 Å². The first kappa shape index (κ1) is 12.3. The number of halogens is 1. The van der Waals surface area contributed by atoms with Gasteiger partial charge in [0, 0.05) is 16.4 Å². The second-order valence-corrected chi connectivity index (χ2v) is 4.59. The van der Waals surface area contributed by atoms with Gasteiger partial charge in [-0.3, -0.25) is 0 Å². The van der Waals surface area contributed by atoms with Crippen molar-refractivity contribution in [3.05, 3.63) is 0 Å². The molecule has 1 atom stereocenters. The average molecular weight is 214 g/mol. The van der Waals surface area contributed by atoms with E-state index < -0.39 is 13.3 Å². The largest absolute Gasteiger partial charge is 0.696 e. The van der Waals surface area contributed by atoms with Gasteiger partial charge in [-0.2, -0.15) is 0 Å². The third kappa shape index (κ3) is 2.98. The molecule has 0 aliphatic heterocycles. The zero-order chi connectivity index (χ0) is 9.94. The first-order valence-electron chi connectivity index (χ1n) is 3.85. The fourth-order valence-corrected chi connectivity index (χ4v) is 1.84. The highest BCUT2D eigenvalue weighted by Crippen LogP contribution is 2.41. The number of rotatable bonds is 4. The average Bonchev–Trinajstić information content (AvgIpc) is 1.84. The van der Waals surface area contributed by atoms with Crippen LogP contribution in [0.25, 0.3) is 0 Å². The van der Waals surface area contributed by atoms with Crippen molar-refractivity contribution in [3.8, 4) is 0 Å². The Morgan fingerprint density at radius 1 is 1.33 bits per heavy atom. The second kappa shape index (κ2) is 4.52. The van der Waals surface area contributed by atoms with E-state index in [4.69, 9.17) is 21.0 Å². The second-order valence-electron chi connectivity index (χ2n) is 3.34. The summed E-state index contributed by atoms with van der Waals surface area (Å²) in [6.45, 7) is 7.41. The molecule has 0 saturated heterocycles. The maximum atomic E-state index is 10.5. The highest BCUT2D eigenvalue weighted by molar-refractivity contribution is 7.32. The third-order valence-electron chi connectivity index (χ3n) is 1.79. The van der Waals surface area contributed by atoms with Gasteiger partial charge in [0.25, 0.3) is 0 Å². The van der Waals surface area contributed by atoms with Gasteiger partial charge in [-0.25, -0.2) is 0 Å². The zero-order valence-corrected chi connectivity index (χ0v) is 9.39. The van der Waals surface area contributed by atoms with Crippen LogP contribution in [0.5, 0.6) is 0 Å². The van der Waals surface area contributed by atoms with Gasteiger partial charge < -0.3 is 0 Å². The van der Waals surface area contributed by atoms with E-state index >= 15 is 0 Å². The summed E-state index contributed by atoms with van der Waals surface area (Å²) >= 11 is 6.04. The van der Waals surface area contributed by atoms with Crippen LogP contribution in [0, 0.1) is 11.8 Å². The van der Waals surface area contributed by atoms with Crippen LogP contribution >= 0.6 is 19.9 Å². The van der Waals surface area contributed by atoms with Crippen molar-refractivity contribution >= 4 is 19.9 Å². The van der Waals surface area contributed by atoms with Gasteiger partial charge >= 0.3 is 8.25 Å². The topological polar surface area (TPSA) is 46.5 Å². The van der Waals surface area contributed by atoms with Gasteiger partial charge in [0.1, 0.15) is 0 Å². The molecule has 0 aliphatic rings. The summed E-state index contributed by atoms with van der Waals surface area (Å²) in [4.78, 5) is 8.59. The van der Waals surface area contributed by atoms with Crippen LogP contribution in [0.1, 0.15) is 27.7 Å². The Balaban J connectivity index is 4.51. The lowest BCUT2D eigenvalue weighted by molar-refractivity contribution is 0.0571. The molecule has 1 unspecified atom stereocenters. The summed E-state index contributed by atoms with van der Waals surface area (Å²) in [5.41, 5.74) is 0.